The van der Waals surface area contributed by atoms with Gasteiger partial charge in [-0.2, -0.15) is 0 Å². The molecule has 2 aliphatic carbocycles. The fourth-order valence-corrected chi connectivity index (χ4v) is 5.29. The Morgan fingerprint density at radius 3 is 2.46 bits per heavy atom. The molecule has 1 heterocycles. The minimum Gasteiger partial charge on any atom is -0.450 e. The van der Waals surface area contributed by atoms with E-state index in [1.165, 1.54) is 12.8 Å². The number of hydrogen-bond donors (Lipinski definition) is 1. The van der Waals surface area contributed by atoms with Gasteiger partial charge in [0.2, 0.25) is 0 Å². The second-order valence-electron chi connectivity index (χ2n) is 9.07. The van der Waals surface area contributed by atoms with Crippen LogP contribution in [-0.2, 0) is 9.47 Å². The number of ether oxygens (including phenoxy) is 2. The molecule has 26 heavy (non-hydrogen) atoms. The smallest absolute Gasteiger partial charge is 0.409 e. The molecule has 1 aliphatic heterocycles. The Morgan fingerprint density at radius 2 is 1.92 bits per heavy atom. The molecule has 4 atom stereocenters. The van der Waals surface area contributed by atoms with Crippen LogP contribution >= 0.6 is 0 Å². The second kappa shape index (κ2) is 7.64. The van der Waals surface area contributed by atoms with E-state index in [4.69, 9.17) is 9.47 Å². The molecule has 2 bridgehead atoms. The highest BCUT2D eigenvalue weighted by molar-refractivity contribution is 5.67. The highest BCUT2D eigenvalue weighted by Crippen LogP contribution is 2.66. The topological polar surface area (TPSA) is 62.2 Å². The Hall–Kier alpha value is -0.850. The van der Waals surface area contributed by atoms with Crippen molar-refractivity contribution in [3.63, 3.8) is 0 Å². The van der Waals surface area contributed by atoms with Crippen LogP contribution in [0.3, 0.4) is 0 Å². The number of β-amino-alcohol motifs (C(OH)–C–C–N with tert-alkyl or cyclic N) is 1. The maximum absolute atomic E-state index is 11.7. The van der Waals surface area contributed by atoms with E-state index in [-0.39, 0.29) is 17.6 Å². The Balaban J connectivity index is 1.39. The number of carbonyl (C=O) groups is 1. The van der Waals surface area contributed by atoms with Gasteiger partial charge < -0.3 is 19.5 Å². The first-order chi connectivity index (χ1) is 12.3. The second-order valence-corrected chi connectivity index (χ2v) is 9.07. The van der Waals surface area contributed by atoms with Gasteiger partial charge in [0.25, 0.3) is 0 Å². The van der Waals surface area contributed by atoms with E-state index in [1.54, 1.807) is 4.90 Å². The van der Waals surface area contributed by atoms with Gasteiger partial charge in [-0.05, 0) is 42.9 Å². The van der Waals surface area contributed by atoms with Crippen molar-refractivity contribution in [3.05, 3.63) is 0 Å². The number of carbonyl (C=O) groups excluding carboxylic acids is 1. The summed E-state index contributed by atoms with van der Waals surface area (Å²) in [7, 11) is 0. The van der Waals surface area contributed by atoms with Crippen LogP contribution in [0.4, 0.5) is 4.79 Å². The summed E-state index contributed by atoms with van der Waals surface area (Å²) in [6, 6.07) is 0. The number of aliphatic hydroxyl groups excluding tert-OH is 1. The molecule has 1 saturated heterocycles. The lowest BCUT2D eigenvalue weighted by molar-refractivity contribution is -0.0805. The van der Waals surface area contributed by atoms with Crippen molar-refractivity contribution in [2.75, 3.05) is 45.9 Å². The first-order valence-electron chi connectivity index (χ1n) is 10.2. The first-order valence-corrected chi connectivity index (χ1v) is 10.2. The van der Waals surface area contributed by atoms with Gasteiger partial charge >= 0.3 is 6.09 Å². The third-order valence-electron chi connectivity index (χ3n) is 7.57. The fraction of sp³-hybridized carbons (Fsp3) is 0.950. The average Bonchev–Trinajstić information content (AvgIpc) is 2.94. The zero-order chi connectivity index (χ0) is 18.9. The number of rotatable bonds is 6. The van der Waals surface area contributed by atoms with Gasteiger partial charge in [-0.15, -0.1) is 0 Å². The number of nitrogens with zero attached hydrogens (tertiary/aromatic N) is 2. The lowest BCUT2D eigenvalue weighted by Crippen LogP contribution is -2.51. The van der Waals surface area contributed by atoms with E-state index in [1.807, 2.05) is 6.92 Å². The molecule has 3 rings (SSSR count). The number of aliphatic hydroxyl groups is 1. The molecule has 2 saturated carbocycles. The molecule has 0 aromatic rings. The van der Waals surface area contributed by atoms with Crippen LogP contribution in [0.25, 0.3) is 0 Å². The summed E-state index contributed by atoms with van der Waals surface area (Å²) in [6.45, 7) is 13.2. The Labute approximate surface area is 157 Å². The van der Waals surface area contributed by atoms with Crippen LogP contribution in [-0.4, -0.2) is 79.1 Å². The van der Waals surface area contributed by atoms with E-state index < -0.39 is 6.10 Å². The molecule has 0 aromatic heterocycles. The largest absolute Gasteiger partial charge is 0.450 e. The highest BCUT2D eigenvalue weighted by Gasteiger charge is 2.61. The molecule has 1 N–H and O–H groups in total. The van der Waals surface area contributed by atoms with Crippen LogP contribution in [0, 0.1) is 16.7 Å². The first kappa shape index (κ1) is 19.9. The average molecular weight is 369 g/mol. The molecule has 4 unspecified atom stereocenters. The van der Waals surface area contributed by atoms with Gasteiger partial charge in [0.05, 0.1) is 25.4 Å². The summed E-state index contributed by atoms with van der Waals surface area (Å²) < 4.78 is 11.3. The van der Waals surface area contributed by atoms with Crippen molar-refractivity contribution in [3.8, 4) is 0 Å². The van der Waals surface area contributed by atoms with E-state index in [9.17, 15) is 9.90 Å². The number of hydrogen-bond acceptors (Lipinski definition) is 5. The van der Waals surface area contributed by atoms with Crippen molar-refractivity contribution in [2.24, 2.45) is 16.7 Å². The normalized spacial score (nSPS) is 34.9. The van der Waals surface area contributed by atoms with Crippen LogP contribution in [0.1, 0.15) is 47.0 Å². The Kier molecular flexibility index (Phi) is 5.85. The quantitative estimate of drug-likeness (QED) is 0.780. The van der Waals surface area contributed by atoms with E-state index in [2.05, 4.69) is 25.7 Å². The Bertz CT molecular complexity index is 504. The maximum Gasteiger partial charge on any atom is 0.409 e. The molecule has 6 heteroatoms. The van der Waals surface area contributed by atoms with Gasteiger partial charge in [0.1, 0.15) is 0 Å². The van der Waals surface area contributed by atoms with Crippen molar-refractivity contribution < 1.29 is 19.4 Å². The van der Waals surface area contributed by atoms with Crippen molar-refractivity contribution in [2.45, 2.75) is 59.2 Å². The third-order valence-corrected chi connectivity index (χ3v) is 7.57. The lowest BCUT2D eigenvalue weighted by Gasteiger charge is -2.39. The monoisotopic (exact) mass is 368 g/mol. The summed E-state index contributed by atoms with van der Waals surface area (Å²) in [5, 5.41) is 10.4. The number of fused-ring (bicyclic) bond motifs is 2. The summed E-state index contributed by atoms with van der Waals surface area (Å²) in [5.74, 6) is 0.755. The molecular formula is C20H36N2O4. The summed E-state index contributed by atoms with van der Waals surface area (Å²) in [6.07, 6.45) is 3.25. The van der Waals surface area contributed by atoms with E-state index in [0.717, 1.165) is 25.4 Å². The van der Waals surface area contributed by atoms with Crippen LogP contribution < -0.4 is 0 Å². The van der Waals surface area contributed by atoms with Gasteiger partial charge in [-0.1, -0.05) is 20.8 Å². The fourth-order valence-electron chi connectivity index (χ4n) is 5.29. The Morgan fingerprint density at radius 1 is 1.23 bits per heavy atom. The molecule has 150 valence electrons. The van der Waals surface area contributed by atoms with Gasteiger partial charge in [-0.25, -0.2) is 4.79 Å². The lowest BCUT2D eigenvalue weighted by atomic mass is 9.70. The van der Waals surface area contributed by atoms with Crippen molar-refractivity contribution in [1.82, 2.24) is 9.80 Å². The standard InChI is InChI=1S/C20H36N2O4/c1-5-25-18(24)22-10-8-21(9-11-22)13-16(23)14-26-17-12-15-6-7-20(17,4)19(15,2)3/h15-17,23H,5-14H2,1-4H3. The zero-order valence-electron chi connectivity index (χ0n) is 16.9. The molecule has 1 amide bonds. The van der Waals surface area contributed by atoms with E-state index >= 15 is 0 Å². The summed E-state index contributed by atoms with van der Waals surface area (Å²) in [5.41, 5.74) is 0.578. The van der Waals surface area contributed by atoms with Gasteiger partial charge in [0, 0.05) is 32.7 Å². The predicted molar refractivity (Wildman–Crippen MR) is 100 cm³/mol. The molecule has 0 spiro atoms. The van der Waals surface area contributed by atoms with Gasteiger partial charge in [0.15, 0.2) is 0 Å². The number of piperazine rings is 1. The minimum atomic E-state index is -0.477. The zero-order valence-corrected chi connectivity index (χ0v) is 16.9. The molecular weight excluding hydrogens is 332 g/mol. The van der Waals surface area contributed by atoms with Crippen molar-refractivity contribution >= 4 is 6.09 Å². The minimum absolute atomic E-state index is 0.233. The van der Waals surface area contributed by atoms with Crippen LogP contribution in [0.2, 0.25) is 0 Å². The van der Waals surface area contributed by atoms with Gasteiger partial charge in [-0.3, -0.25) is 4.90 Å². The SMILES string of the molecule is CCOC(=O)N1CCN(CC(O)COC2CC3CCC2(C)C3(C)C)CC1. The number of amides is 1. The molecule has 3 fully saturated rings. The van der Waals surface area contributed by atoms with E-state index in [0.29, 0.717) is 38.3 Å². The summed E-state index contributed by atoms with van der Waals surface area (Å²) in [4.78, 5) is 15.7. The molecule has 0 radical (unpaired) electrons. The summed E-state index contributed by atoms with van der Waals surface area (Å²) >= 11 is 0. The van der Waals surface area contributed by atoms with Crippen LogP contribution in [0.15, 0.2) is 0 Å². The van der Waals surface area contributed by atoms with Crippen molar-refractivity contribution in [1.29, 1.82) is 0 Å². The molecule has 6 nitrogen and oxygen atoms in total. The predicted octanol–water partition coefficient (Wildman–Crippen LogP) is 2.35. The molecule has 3 aliphatic rings. The highest BCUT2D eigenvalue weighted by atomic mass is 16.6. The van der Waals surface area contributed by atoms with Crippen LogP contribution in [0.5, 0.6) is 0 Å². The molecule has 0 aromatic carbocycles. The third kappa shape index (κ3) is 3.60. The maximum atomic E-state index is 11.7.